The van der Waals surface area contributed by atoms with Gasteiger partial charge in [-0.05, 0) is 37.7 Å². The third-order valence-corrected chi connectivity index (χ3v) is 5.05. The number of halogens is 1. The van der Waals surface area contributed by atoms with E-state index in [1.807, 2.05) is 5.51 Å². The van der Waals surface area contributed by atoms with Crippen LogP contribution in [0.1, 0.15) is 28.6 Å². The number of nitrogens with one attached hydrogen (secondary N) is 1. The normalized spacial score (nSPS) is 11.3. The Morgan fingerprint density at radius 1 is 1.33 bits per heavy atom. The van der Waals surface area contributed by atoms with E-state index >= 15 is 0 Å². The largest absolute Gasteiger partial charge is 0.313 e. The molecule has 0 aliphatic heterocycles. The smallest absolute Gasteiger partial charge is 0.0798 e. The van der Waals surface area contributed by atoms with Crippen molar-refractivity contribution < 1.29 is 0 Å². The van der Waals surface area contributed by atoms with Crippen molar-refractivity contribution in [2.75, 3.05) is 13.6 Å². The molecule has 2 rings (SSSR count). The lowest BCUT2D eigenvalue weighted by Crippen LogP contribution is -2.17. The van der Waals surface area contributed by atoms with Crippen molar-refractivity contribution in [3.8, 4) is 0 Å². The highest BCUT2D eigenvalue weighted by Crippen LogP contribution is 2.22. The number of thiazole rings is 1. The lowest BCUT2D eigenvalue weighted by Gasteiger charge is -2.17. The van der Waals surface area contributed by atoms with Gasteiger partial charge in [0, 0.05) is 29.0 Å². The molecular weight excluding hydrogens is 346 g/mol. The van der Waals surface area contributed by atoms with Gasteiger partial charge < -0.3 is 5.32 Å². The molecule has 0 amide bonds. The highest BCUT2D eigenvalue weighted by molar-refractivity contribution is 9.10. The third kappa shape index (κ3) is 4.88. The van der Waals surface area contributed by atoms with Crippen LogP contribution in [0.5, 0.6) is 0 Å². The fraction of sp³-hybridized carbons (Fsp3) is 0.438. The SMILES string of the molecule is CCNCc1ccc(CN(C)Cc2scnc2C)c(Br)c1. The second kappa shape index (κ2) is 8.03. The molecule has 0 aliphatic carbocycles. The zero-order valence-electron chi connectivity index (χ0n) is 12.8. The molecule has 0 bridgehead atoms. The van der Waals surface area contributed by atoms with Crippen molar-refractivity contribution in [3.63, 3.8) is 0 Å². The van der Waals surface area contributed by atoms with E-state index < -0.39 is 0 Å². The standard InChI is InChI=1S/C16H22BrN3S/c1-4-18-8-13-5-6-14(15(17)7-13)9-20(3)10-16-12(2)19-11-21-16/h5-7,11,18H,4,8-10H2,1-3H3. The molecule has 0 fully saturated rings. The Morgan fingerprint density at radius 2 is 2.14 bits per heavy atom. The van der Waals surface area contributed by atoms with E-state index in [4.69, 9.17) is 0 Å². The predicted octanol–water partition coefficient (Wildman–Crippen LogP) is 3.96. The monoisotopic (exact) mass is 367 g/mol. The molecule has 0 aliphatic rings. The van der Waals surface area contributed by atoms with Crippen LogP contribution in [0.3, 0.4) is 0 Å². The van der Waals surface area contributed by atoms with Crippen molar-refractivity contribution in [3.05, 3.63) is 49.9 Å². The number of hydrogen-bond donors (Lipinski definition) is 1. The lowest BCUT2D eigenvalue weighted by atomic mass is 10.1. The Morgan fingerprint density at radius 3 is 2.76 bits per heavy atom. The minimum Gasteiger partial charge on any atom is -0.313 e. The summed E-state index contributed by atoms with van der Waals surface area (Å²) in [7, 11) is 2.15. The van der Waals surface area contributed by atoms with Crippen molar-refractivity contribution in [2.45, 2.75) is 33.5 Å². The van der Waals surface area contributed by atoms with Crippen LogP contribution in [0.4, 0.5) is 0 Å². The van der Waals surface area contributed by atoms with E-state index in [-0.39, 0.29) is 0 Å². The van der Waals surface area contributed by atoms with Gasteiger partial charge in [0.1, 0.15) is 0 Å². The van der Waals surface area contributed by atoms with E-state index in [1.54, 1.807) is 11.3 Å². The zero-order chi connectivity index (χ0) is 15.2. The average Bonchev–Trinajstić information content (AvgIpc) is 2.84. The summed E-state index contributed by atoms with van der Waals surface area (Å²) in [6, 6.07) is 6.63. The number of benzene rings is 1. The lowest BCUT2D eigenvalue weighted by molar-refractivity contribution is 0.320. The highest BCUT2D eigenvalue weighted by atomic mass is 79.9. The van der Waals surface area contributed by atoms with Gasteiger partial charge in [-0.3, -0.25) is 4.90 Å². The van der Waals surface area contributed by atoms with Gasteiger partial charge in [0.2, 0.25) is 0 Å². The van der Waals surface area contributed by atoms with Gasteiger partial charge in [0.25, 0.3) is 0 Å². The average molecular weight is 368 g/mol. The van der Waals surface area contributed by atoms with Gasteiger partial charge in [0.15, 0.2) is 0 Å². The number of hydrogen-bond acceptors (Lipinski definition) is 4. The number of aromatic nitrogens is 1. The van der Waals surface area contributed by atoms with Gasteiger partial charge in [-0.15, -0.1) is 11.3 Å². The van der Waals surface area contributed by atoms with E-state index in [0.29, 0.717) is 0 Å². The van der Waals surface area contributed by atoms with E-state index in [1.165, 1.54) is 20.5 Å². The molecular formula is C16H22BrN3S. The fourth-order valence-corrected chi connectivity index (χ4v) is 3.58. The van der Waals surface area contributed by atoms with Crippen LogP contribution in [-0.4, -0.2) is 23.5 Å². The summed E-state index contributed by atoms with van der Waals surface area (Å²) >= 11 is 5.43. The van der Waals surface area contributed by atoms with Crippen molar-refractivity contribution in [1.82, 2.24) is 15.2 Å². The zero-order valence-corrected chi connectivity index (χ0v) is 15.2. The second-order valence-electron chi connectivity index (χ2n) is 5.24. The molecule has 21 heavy (non-hydrogen) atoms. The summed E-state index contributed by atoms with van der Waals surface area (Å²) in [6.07, 6.45) is 0. The summed E-state index contributed by atoms with van der Waals surface area (Å²) in [5.74, 6) is 0. The topological polar surface area (TPSA) is 28.2 Å². The van der Waals surface area contributed by atoms with Crippen LogP contribution in [-0.2, 0) is 19.6 Å². The summed E-state index contributed by atoms with van der Waals surface area (Å²) in [4.78, 5) is 7.98. The predicted molar refractivity (Wildman–Crippen MR) is 93.5 cm³/mol. The summed E-state index contributed by atoms with van der Waals surface area (Å²) in [6.45, 7) is 7.99. The molecule has 2 aromatic rings. The van der Waals surface area contributed by atoms with Crippen LogP contribution < -0.4 is 5.32 Å². The first-order valence-corrected chi connectivity index (χ1v) is 8.83. The van der Waals surface area contributed by atoms with E-state index in [0.717, 1.165) is 31.9 Å². The Labute approximate surface area is 139 Å². The van der Waals surface area contributed by atoms with Crippen molar-refractivity contribution in [2.24, 2.45) is 0 Å². The van der Waals surface area contributed by atoms with E-state index in [2.05, 4.69) is 70.2 Å². The highest BCUT2D eigenvalue weighted by Gasteiger charge is 2.08. The first kappa shape index (κ1) is 16.6. The summed E-state index contributed by atoms with van der Waals surface area (Å²) in [5.41, 5.74) is 5.70. The Balaban J connectivity index is 1.97. The van der Waals surface area contributed by atoms with Crippen LogP contribution in [0.15, 0.2) is 28.2 Å². The maximum atomic E-state index is 4.31. The second-order valence-corrected chi connectivity index (χ2v) is 7.03. The molecule has 0 radical (unpaired) electrons. The van der Waals surface area contributed by atoms with Crippen molar-refractivity contribution >= 4 is 27.3 Å². The molecule has 0 unspecified atom stereocenters. The molecule has 0 spiro atoms. The first-order valence-electron chi connectivity index (χ1n) is 7.15. The van der Waals surface area contributed by atoms with Crippen LogP contribution in [0.2, 0.25) is 0 Å². The molecule has 1 N–H and O–H groups in total. The molecule has 3 nitrogen and oxygen atoms in total. The quantitative estimate of drug-likeness (QED) is 0.802. The molecule has 0 atom stereocenters. The summed E-state index contributed by atoms with van der Waals surface area (Å²) < 4.78 is 1.19. The van der Waals surface area contributed by atoms with Crippen LogP contribution in [0, 0.1) is 6.92 Å². The maximum Gasteiger partial charge on any atom is 0.0798 e. The van der Waals surface area contributed by atoms with Gasteiger partial charge in [-0.2, -0.15) is 0 Å². The first-order chi connectivity index (χ1) is 10.1. The molecule has 0 saturated heterocycles. The molecule has 1 heterocycles. The molecule has 1 aromatic carbocycles. The number of nitrogens with zero attached hydrogens (tertiary/aromatic N) is 2. The van der Waals surface area contributed by atoms with Crippen molar-refractivity contribution in [1.29, 1.82) is 0 Å². The molecule has 0 saturated carbocycles. The maximum absolute atomic E-state index is 4.31. The number of aryl methyl sites for hydroxylation is 1. The molecule has 5 heteroatoms. The van der Waals surface area contributed by atoms with Gasteiger partial charge >= 0.3 is 0 Å². The van der Waals surface area contributed by atoms with Gasteiger partial charge in [-0.25, -0.2) is 4.98 Å². The Kier molecular flexibility index (Phi) is 6.36. The minimum atomic E-state index is 0.922. The number of rotatable bonds is 7. The third-order valence-electron chi connectivity index (χ3n) is 3.40. The summed E-state index contributed by atoms with van der Waals surface area (Å²) in [5, 5.41) is 3.35. The Bertz CT molecular complexity index is 583. The molecule has 114 valence electrons. The van der Waals surface area contributed by atoms with Gasteiger partial charge in [-0.1, -0.05) is 35.0 Å². The minimum absolute atomic E-state index is 0.922. The van der Waals surface area contributed by atoms with Crippen LogP contribution >= 0.6 is 27.3 Å². The fourth-order valence-electron chi connectivity index (χ4n) is 2.17. The Hall–Kier alpha value is -0.750. The van der Waals surface area contributed by atoms with Crippen LogP contribution in [0.25, 0.3) is 0 Å². The molecule has 1 aromatic heterocycles. The van der Waals surface area contributed by atoms with E-state index in [9.17, 15) is 0 Å². The van der Waals surface area contributed by atoms with Gasteiger partial charge in [0.05, 0.1) is 11.2 Å².